The lowest BCUT2D eigenvalue weighted by Gasteiger charge is -2.16. The first-order valence-corrected chi connectivity index (χ1v) is 7.65. The van der Waals surface area contributed by atoms with E-state index in [2.05, 4.69) is 5.32 Å². The van der Waals surface area contributed by atoms with Gasteiger partial charge in [0.25, 0.3) is 0 Å². The van der Waals surface area contributed by atoms with Crippen molar-refractivity contribution >= 4 is 11.4 Å². The normalized spacial score (nSPS) is 9.96. The maximum Gasteiger partial charge on any atom is 0.186 e. The molecule has 0 atom stereocenters. The summed E-state index contributed by atoms with van der Waals surface area (Å²) in [7, 11) is 0. The zero-order chi connectivity index (χ0) is 19.3. The minimum absolute atomic E-state index is 0.140. The van der Waals surface area contributed by atoms with Gasteiger partial charge in [0.05, 0.1) is 18.9 Å². The molecule has 0 radical (unpaired) electrons. The molecule has 0 aliphatic rings. The van der Waals surface area contributed by atoms with Gasteiger partial charge in [0.15, 0.2) is 17.5 Å². The summed E-state index contributed by atoms with van der Waals surface area (Å²) < 4.78 is 53.4. The fraction of sp³-hybridized carbons (Fsp3) is 0.222. The Kier molecular flexibility index (Phi) is 5.92. The number of hydrogen-bond donors (Lipinski definition) is 1. The fourth-order valence-corrected chi connectivity index (χ4v) is 2.25. The predicted molar refractivity (Wildman–Crippen MR) is 87.8 cm³/mol. The van der Waals surface area contributed by atoms with Crippen LogP contribution in [0.25, 0.3) is 0 Å². The number of ether oxygens (including phenoxy) is 2. The van der Waals surface area contributed by atoms with E-state index in [1.807, 2.05) is 0 Å². The highest BCUT2D eigenvalue weighted by Crippen LogP contribution is 2.36. The van der Waals surface area contributed by atoms with Crippen molar-refractivity contribution in [1.82, 2.24) is 0 Å². The van der Waals surface area contributed by atoms with Crippen LogP contribution in [0.1, 0.15) is 25.0 Å². The summed E-state index contributed by atoms with van der Waals surface area (Å²) in [5.74, 6) is -3.86. The topological polar surface area (TPSA) is 78.1 Å². The lowest BCUT2D eigenvalue weighted by atomic mass is 10.1. The second-order valence-electron chi connectivity index (χ2n) is 4.94. The van der Waals surface area contributed by atoms with Gasteiger partial charge in [0.1, 0.15) is 40.5 Å². The number of benzene rings is 2. The molecule has 134 valence electrons. The molecule has 0 aliphatic carbocycles. The Morgan fingerprint density at radius 3 is 2.12 bits per heavy atom. The first-order chi connectivity index (χ1) is 12.5. The van der Waals surface area contributed by atoms with Crippen LogP contribution in [0.3, 0.4) is 0 Å². The molecule has 0 unspecified atom stereocenters. The molecule has 0 saturated carbocycles. The average molecular weight is 361 g/mol. The van der Waals surface area contributed by atoms with E-state index < -0.39 is 34.3 Å². The van der Waals surface area contributed by atoms with Crippen LogP contribution in [-0.4, -0.2) is 13.2 Å². The summed E-state index contributed by atoms with van der Waals surface area (Å²) in [4.78, 5) is 0. The standard InChI is InChI=1S/C18H14F3N3O2/c1-3-25-10-5-6-13(14(7-10)26-4-2)24-18-16(20)12(9-23)11(8-22)15(19)17(18)21/h5-7,24H,3-4H2,1-2H3. The molecule has 26 heavy (non-hydrogen) atoms. The van der Waals surface area contributed by atoms with Crippen molar-refractivity contribution in [2.24, 2.45) is 0 Å². The maximum atomic E-state index is 14.5. The minimum atomic E-state index is -1.60. The molecule has 0 bridgehead atoms. The zero-order valence-corrected chi connectivity index (χ0v) is 14.0. The molecular weight excluding hydrogens is 347 g/mol. The van der Waals surface area contributed by atoms with Crippen molar-refractivity contribution in [1.29, 1.82) is 10.5 Å². The Hall–Kier alpha value is -3.39. The summed E-state index contributed by atoms with van der Waals surface area (Å²) in [6.07, 6.45) is 0. The number of rotatable bonds is 6. The average Bonchev–Trinajstić information content (AvgIpc) is 2.63. The van der Waals surface area contributed by atoms with Crippen LogP contribution >= 0.6 is 0 Å². The van der Waals surface area contributed by atoms with Crippen molar-refractivity contribution < 1.29 is 22.6 Å². The Bertz CT molecular complexity index is 918. The smallest absolute Gasteiger partial charge is 0.186 e. The lowest BCUT2D eigenvalue weighted by molar-refractivity contribution is 0.324. The van der Waals surface area contributed by atoms with Crippen LogP contribution < -0.4 is 14.8 Å². The Labute approximate surface area is 148 Å². The molecule has 2 rings (SSSR count). The van der Waals surface area contributed by atoms with Gasteiger partial charge in [-0.3, -0.25) is 0 Å². The molecule has 5 nitrogen and oxygen atoms in total. The first-order valence-electron chi connectivity index (χ1n) is 7.65. The van der Waals surface area contributed by atoms with Gasteiger partial charge in [0.2, 0.25) is 0 Å². The fourth-order valence-electron chi connectivity index (χ4n) is 2.25. The zero-order valence-electron chi connectivity index (χ0n) is 14.0. The second-order valence-corrected chi connectivity index (χ2v) is 4.94. The highest BCUT2D eigenvalue weighted by molar-refractivity contribution is 5.71. The highest BCUT2D eigenvalue weighted by Gasteiger charge is 2.26. The van der Waals surface area contributed by atoms with Gasteiger partial charge in [-0.25, -0.2) is 13.2 Å². The van der Waals surface area contributed by atoms with Crippen LogP contribution in [0.4, 0.5) is 24.5 Å². The molecule has 8 heteroatoms. The van der Waals surface area contributed by atoms with Gasteiger partial charge in [-0.05, 0) is 26.0 Å². The summed E-state index contributed by atoms with van der Waals surface area (Å²) in [6.45, 7) is 4.18. The van der Waals surface area contributed by atoms with Gasteiger partial charge < -0.3 is 14.8 Å². The number of anilines is 2. The van der Waals surface area contributed by atoms with E-state index in [4.69, 9.17) is 20.0 Å². The minimum Gasteiger partial charge on any atom is -0.494 e. The molecule has 0 amide bonds. The van der Waals surface area contributed by atoms with E-state index in [1.54, 1.807) is 13.8 Å². The van der Waals surface area contributed by atoms with E-state index in [0.29, 0.717) is 12.4 Å². The van der Waals surface area contributed by atoms with E-state index in [0.717, 1.165) is 0 Å². The van der Waals surface area contributed by atoms with Crippen LogP contribution in [0.2, 0.25) is 0 Å². The predicted octanol–water partition coefficient (Wildman–Crippen LogP) is 4.39. The number of hydrogen-bond acceptors (Lipinski definition) is 5. The second kappa shape index (κ2) is 8.13. The van der Waals surface area contributed by atoms with E-state index >= 15 is 0 Å². The van der Waals surface area contributed by atoms with Crippen molar-refractivity contribution in [3.63, 3.8) is 0 Å². The van der Waals surface area contributed by atoms with E-state index in [1.165, 1.54) is 30.3 Å². The lowest BCUT2D eigenvalue weighted by Crippen LogP contribution is -2.07. The Morgan fingerprint density at radius 1 is 0.923 bits per heavy atom. The van der Waals surface area contributed by atoms with Crippen molar-refractivity contribution in [3.05, 3.63) is 46.8 Å². The first kappa shape index (κ1) is 18.9. The van der Waals surface area contributed by atoms with Crippen molar-refractivity contribution in [3.8, 4) is 23.6 Å². The summed E-state index contributed by atoms with van der Waals surface area (Å²) >= 11 is 0. The SMILES string of the molecule is CCOc1ccc(Nc2c(F)c(F)c(C#N)c(C#N)c2F)c(OCC)c1. The van der Waals surface area contributed by atoms with E-state index in [-0.39, 0.29) is 18.0 Å². The number of halogens is 3. The third-order valence-electron chi connectivity index (χ3n) is 3.37. The quantitative estimate of drug-likeness (QED) is 0.772. The molecule has 1 N–H and O–H groups in total. The molecule has 0 saturated heterocycles. The van der Waals surface area contributed by atoms with E-state index in [9.17, 15) is 13.2 Å². The third kappa shape index (κ3) is 3.50. The molecule has 0 aliphatic heterocycles. The molecule has 0 aromatic heterocycles. The van der Waals surface area contributed by atoms with Gasteiger partial charge >= 0.3 is 0 Å². The van der Waals surface area contributed by atoms with Crippen molar-refractivity contribution in [2.45, 2.75) is 13.8 Å². The summed E-state index contributed by atoms with van der Waals surface area (Å²) in [5.41, 5.74) is -2.60. The molecule has 0 heterocycles. The Morgan fingerprint density at radius 2 is 1.54 bits per heavy atom. The maximum absolute atomic E-state index is 14.5. The molecule has 0 spiro atoms. The third-order valence-corrected chi connectivity index (χ3v) is 3.37. The molecule has 0 fully saturated rings. The van der Waals surface area contributed by atoms with Gasteiger partial charge in [0, 0.05) is 6.07 Å². The largest absolute Gasteiger partial charge is 0.494 e. The monoisotopic (exact) mass is 361 g/mol. The summed E-state index contributed by atoms with van der Waals surface area (Å²) in [5, 5.41) is 20.2. The molecule has 2 aromatic carbocycles. The van der Waals surface area contributed by atoms with Gasteiger partial charge in [-0.2, -0.15) is 10.5 Å². The van der Waals surface area contributed by atoms with Crippen LogP contribution in [0, 0.1) is 40.1 Å². The van der Waals surface area contributed by atoms with Gasteiger partial charge in [-0.15, -0.1) is 0 Å². The Balaban J connectivity index is 2.57. The van der Waals surface area contributed by atoms with Gasteiger partial charge in [-0.1, -0.05) is 0 Å². The van der Waals surface area contributed by atoms with Crippen LogP contribution in [-0.2, 0) is 0 Å². The number of nitrogens with zero attached hydrogens (tertiary/aromatic N) is 2. The van der Waals surface area contributed by atoms with Crippen molar-refractivity contribution in [2.75, 3.05) is 18.5 Å². The molecular formula is C18H14F3N3O2. The number of nitriles is 2. The number of nitrogens with one attached hydrogen (secondary N) is 1. The molecule has 2 aromatic rings. The highest BCUT2D eigenvalue weighted by atomic mass is 19.2. The summed E-state index contributed by atoms with van der Waals surface area (Å²) in [6, 6.07) is 7.16. The van der Waals surface area contributed by atoms with Crippen LogP contribution in [0.15, 0.2) is 18.2 Å². The van der Waals surface area contributed by atoms with Crippen LogP contribution in [0.5, 0.6) is 11.5 Å².